The van der Waals surface area contributed by atoms with Crippen molar-refractivity contribution < 1.29 is 37.4 Å². The Morgan fingerprint density at radius 2 is 1.39 bits per heavy atom. The van der Waals surface area contributed by atoms with Crippen molar-refractivity contribution in [1.82, 2.24) is 15.2 Å². The van der Waals surface area contributed by atoms with Gasteiger partial charge in [0.15, 0.2) is 16.9 Å². The Morgan fingerprint density at radius 3 is 1.93 bits per heavy atom. The molecule has 5 aromatic carbocycles. The van der Waals surface area contributed by atoms with Crippen molar-refractivity contribution in [3.8, 4) is 0 Å². The Labute approximate surface area is 420 Å². The van der Waals surface area contributed by atoms with Gasteiger partial charge in [0.25, 0.3) is 11.8 Å². The predicted molar refractivity (Wildman–Crippen MR) is 274 cm³/mol. The van der Waals surface area contributed by atoms with Crippen LogP contribution in [0.15, 0.2) is 173 Å². The number of likely N-dealkylation sites (tertiary alicyclic amines) is 1. The maximum atomic E-state index is 14.9. The van der Waals surface area contributed by atoms with E-state index in [0.717, 1.165) is 77.6 Å². The van der Waals surface area contributed by atoms with Crippen molar-refractivity contribution in [2.75, 3.05) is 43.9 Å². The van der Waals surface area contributed by atoms with Gasteiger partial charge >= 0.3 is 5.97 Å². The van der Waals surface area contributed by atoms with Gasteiger partial charge in [-0.1, -0.05) is 157 Å². The molecular formula is C56H57N6O7S2+. The number of esters is 1. The number of nitrogens with one attached hydrogen (secondary N) is 2. The summed E-state index contributed by atoms with van der Waals surface area (Å²) in [4.78, 5) is 56.5. The number of β-lactam (4-membered cyclic amide) rings is 1. The van der Waals surface area contributed by atoms with E-state index in [2.05, 4.69) is 59.1 Å². The van der Waals surface area contributed by atoms with Gasteiger partial charge in [0, 0.05) is 30.2 Å². The molecule has 0 radical (unpaired) electrons. The summed E-state index contributed by atoms with van der Waals surface area (Å²) in [6, 6.07) is 48.0. The van der Waals surface area contributed by atoms with Crippen molar-refractivity contribution >= 4 is 50.8 Å². The molecule has 0 aliphatic carbocycles. The van der Waals surface area contributed by atoms with E-state index >= 15 is 0 Å². The Bertz CT molecular complexity index is 2770. The van der Waals surface area contributed by atoms with Crippen LogP contribution in [0.4, 0.5) is 5.13 Å². The molecule has 5 heterocycles. The van der Waals surface area contributed by atoms with Gasteiger partial charge in [0.05, 0.1) is 42.8 Å². The molecule has 0 bridgehead atoms. The van der Waals surface area contributed by atoms with Crippen LogP contribution >= 0.6 is 11.3 Å². The molecule has 0 saturated carbocycles. The smallest absolute Gasteiger partial charge is 0.356 e. The summed E-state index contributed by atoms with van der Waals surface area (Å²) in [7, 11) is -1.70. The monoisotopic (exact) mass is 989 g/mol. The lowest BCUT2D eigenvalue weighted by Crippen LogP contribution is -2.74. The Balaban J connectivity index is 0.971. The molecule has 4 aliphatic rings. The third-order valence-electron chi connectivity index (χ3n) is 14.1. The van der Waals surface area contributed by atoms with Gasteiger partial charge in [-0.3, -0.25) is 18.7 Å². The number of quaternary nitrogens is 1. The lowest BCUT2D eigenvalue weighted by molar-refractivity contribution is -0.910. The summed E-state index contributed by atoms with van der Waals surface area (Å²) < 4.78 is 27.5. The number of thiazole rings is 1. The average molecular weight is 990 g/mol. The third kappa shape index (κ3) is 9.83. The van der Waals surface area contributed by atoms with Crippen molar-refractivity contribution in [1.29, 1.82) is 0 Å². The minimum atomic E-state index is -1.70. The highest BCUT2D eigenvalue weighted by molar-refractivity contribution is 7.86. The van der Waals surface area contributed by atoms with Crippen LogP contribution in [0, 0.1) is 0 Å². The minimum absolute atomic E-state index is 0.0444. The number of ether oxygens (including phenoxy) is 2. The van der Waals surface area contributed by atoms with E-state index in [1.807, 2.05) is 115 Å². The van der Waals surface area contributed by atoms with Gasteiger partial charge in [-0.05, 0) is 47.6 Å². The van der Waals surface area contributed by atoms with Gasteiger partial charge in [-0.2, -0.15) is 0 Å². The first-order valence-electron chi connectivity index (χ1n) is 24.4. The number of aromatic nitrogens is 1. The molecule has 6 aromatic rings. The molecule has 3 saturated heterocycles. The van der Waals surface area contributed by atoms with Crippen LogP contribution in [-0.4, -0.2) is 98.3 Å². The predicted octanol–water partition coefficient (Wildman–Crippen LogP) is 8.43. The van der Waals surface area contributed by atoms with E-state index in [9.17, 15) is 18.6 Å². The van der Waals surface area contributed by atoms with Crippen LogP contribution in [0.1, 0.15) is 78.6 Å². The van der Waals surface area contributed by atoms with Crippen molar-refractivity contribution in [3.63, 3.8) is 0 Å². The highest BCUT2D eigenvalue weighted by atomic mass is 32.2. The number of likely N-dealkylation sites (N-methyl/N-ethyl adjacent to an activating group) is 1. The topological polar surface area (TPSA) is 149 Å². The number of amides is 2. The highest BCUT2D eigenvalue weighted by Gasteiger charge is 2.58. The normalized spacial score (nSPS) is 21.0. The molecule has 3 unspecified atom stereocenters. The average Bonchev–Trinajstić information content (AvgIpc) is 4.10. The number of hydrogen-bond acceptors (Lipinski definition) is 11. The Hall–Kier alpha value is -6.78. The van der Waals surface area contributed by atoms with E-state index in [1.165, 1.54) is 16.2 Å². The number of fused-ring (bicyclic) bond motifs is 1. The molecule has 2 amide bonds. The van der Waals surface area contributed by atoms with Crippen LogP contribution in [0.2, 0.25) is 0 Å². The largest absolute Gasteiger partial charge is 0.448 e. The summed E-state index contributed by atoms with van der Waals surface area (Å²) in [6.45, 7) is 5.72. The van der Waals surface area contributed by atoms with Crippen LogP contribution < -0.4 is 10.6 Å². The van der Waals surface area contributed by atoms with E-state index in [0.29, 0.717) is 30.3 Å². The fraction of sp³-hybridized carbons (Fsp3) is 0.304. The highest BCUT2D eigenvalue weighted by Crippen LogP contribution is 2.42. The van der Waals surface area contributed by atoms with E-state index in [1.54, 1.807) is 5.38 Å². The quantitative estimate of drug-likeness (QED) is 0.0230. The standard InChI is InChI=1S/C56H56N6O7S2/c1-2-62(33-19-20-34-62)36-41-38-71(66)53-48(52(64)61(53)49(41)54(65)68-50(39-22-8-3-9-23-39)40-24-10-4-11-25-40)58-51(63)47(60-69-46-32-18-21-35-67-46)45-37-70-55(57-45)59-56(42-26-12-5-13-27-42,43-28-14-6-15-29-43)44-30-16-7-17-31-44/h3-17,22-31,37,46,48,50,53H,2,18-21,32-36,38H2,1H3,(H-,57,58,59,63)/p+1/t46?,48?,53-,71?/m1/s1. The van der Waals surface area contributed by atoms with Crippen molar-refractivity contribution in [2.24, 2.45) is 5.16 Å². The lowest BCUT2D eigenvalue weighted by atomic mass is 9.77. The summed E-state index contributed by atoms with van der Waals surface area (Å²) >= 11 is 1.29. The second-order valence-corrected chi connectivity index (χ2v) is 20.8. The summed E-state index contributed by atoms with van der Waals surface area (Å²) in [5.74, 6) is -1.97. The summed E-state index contributed by atoms with van der Waals surface area (Å²) in [5.41, 5.74) is 4.26. The fourth-order valence-corrected chi connectivity index (χ4v) is 12.8. The van der Waals surface area contributed by atoms with Gasteiger partial charge in [0.1, 0.15) is 34.9 Å². The molecule has 13 nitrogen and oxygen atoms in total. The second kappa shape index (κ2) is 21.3. The zero-order valence-corrected chi connectivity index (χ0v) is 41.2. The number of nitrogens with zero attached hydrogens (tertiary/aromatic N) is 4. The maximum absolute atomic E-state index is 14.9. The SMILES string of the molecule is CC[N+]1(CC2=C(C(=O)OC(c3ccccc3)c3ccccc3)N3C(=O)C(NC(=O)C(=NOC4CCCCO4)c4csc(NC(c5ccccc5)(c5ccccc5)c5ccccc5)n4)[C@H]3S(=O)C2)CCCC1. The molecule has 364 valence electrons. The Kier molecular flexibility index (Phi) is 14.4. The molecule has 0 spiro atoms. The summed E-state index contributed by atoms with van der Waals surface area (Å²) in [5, 5.41) is 12.2. The number of carbonyl (C=O) groups excluding carboxylic acids is 3. The number of rotatable bonds is 17. The van der Waals surface area contributed by atoms with Crippen LogP contribution in [0.5, 0.6) is 0 Å². The van der Waals surface area contributed by atoms with Gasteiger partial charge < -0.3 is 29.4 Å². The number of anilines is 1. The van der Waals surface area contributed by atoms with Crippen LogP contribution in [0.25, 0.3) is 0 Å². The molecule has 1 aromatic heterocycles. The fourth-order valence-electron chi connectivity index (χ4n) is 10.4. The second-order valence-electron chi connectivity index (χ2n) is 18.5. The molecule has 2 N–H and O–H groups in total. The van der Waals surface area contributed by atoms with Gasteiger partial charge in [-0.15, -0.1) is 11.3 Å². The first-order chi connectivity index (χ1) is 34.8. The molecule has 4 aliphatic heterocycles. The number of hydrogen-bond donors (Lipinski definition) is 2. The molecule has 15 heteroatoms. The maximum Gasteiger partial charge on any atom is 0.356 e. The first kappa shape index (κ1) is 47.9. The molecule has 3 fully saturated rings. The van der Waals surface area contributed by atoms with E-state index in [4.69, 9.17) is 19.3 Å². The molecule has 4 atom stereocenters. The Morgan fingerprint density at radius 1 is 0.831 bits per heavy atom. The van der Waals surface area contributed by atoms with Gasteiger partial charge in [0.2, 0.25) is 6.29 Å². The molecule has 71 heavy (non-hydrogen) atoms. The zero-order valence-electron chi connectivity index (χ0n) is 39.6. The number of oxime groups is 1. The van der Waals surface area contributed by atoms with Crippen molar-refractivity contribution in [3.05, 3.63) is 202 Å². The minimum Gasteiger partial charge on any atom is -0.448 e. The number of benzene rings is 5. The first-order valence-corrected chi connectivity index (χ1v) is 26.7. The van der Waals surface area contributed by atoms with Crippen molar-refractivity contribution in [2.45, 2.75) is 68.4 Å². The van der Waals surface area contributed by atoms with E-state index < -0.39 is 57.9 Å². The van der Waals surface area contributed by atoms with Crippen LogP contribution in [0.3, 0.4) is 0 Å². The number of carbonyl (C=O) groups is 3. The summed E-state index contributed by atoms with van der Waals surface area (Å²) in [6.07, 6.45) is 2.94. The molecule has 10 rings (SSSR count). The third-order valence-corrected chi connectivity index (χ3v) is 16.5. The lowest BCUT2D eigenvalue weighted by Gasteiger charge is -2.50. The molecular weight excluding hydrogens is 933 g/mol. The van der Waals surface area contributed by atoms with Crippen LogP contribution in [-0.2, 0) is 45.0 Å². The van der Waals surface area contributed by atoms with E-state index in [-0.39, 0.29) is 22.9 Å². The zero-order chi connectivity index (χ0) is 48.8. The van der Waals surface area contributed by atoms with Gasteiger partial charge in [-0.25, -0.2) is 9.78 Å².